The molecule has 3 heterocycles. The van der Waals surface area contributed by atoms with E-state index in [0.29, 0.717) is 12.1 Å². The Morgan fingerprint density at radius 2 is 1.47 bits per heavy atom. The van der Waals surface area contributed by atoms with Gasteiger partial charge in [0.25, 0.3) is 0 Å². The number of fused-ring (bicyclic) bond motifs is 3. The van der Waals surface area contributed by atoms with Crippen molar-refractivity contribution in [2.75, 3.05) is 4.90 Å². The summed E-state index contributed by atoms with van der Waals surface area (Å²) in [5.74, 6) is 0. The number of rotatable bonds is 4. The molecule has 0 bridgehead atoms. The Morgan fingerprint density at radius 1 is 0.711 bits per heavy atom. The quantitative estimate of drug-likeness (QED) is 0.293. The van der Waals surface area contributed by atoms with Gasteiger partial charge >= 0.3 is 0 Å². The summed E-state index contributed by atoms with van der Waals surface area (Å²) in [5, 5.41) is 9.76. The van der Waals surface area contributed by atoms with E-state index in [1.54, 1.807) is 0 Å². The maximum atomic E-state index is 4.50. The van der Waals surface area contributed by atoms with Crippen LogP contribution in [0.25, 0.3) is 21.9 Å². The summed E-state index contributed by atoms with van der Waals surface area (Å²) in [6, 6.07) is 34.9. The van der Waals surface area contributed by atoms with Crippen LogP contribution in [0.5, 0.6) is 0 Å². The Balaban J connectivity index is 1.27. The molecule has 0 radical (unpaired) electrons. The van der Waals surface area contributed by atoms with E-state index in [1.807, 2.05) is 0 Å². The van der Waals surface area contributed by atoms with Gasteiger partial charge in [-0.3, -0.25) is 5.32 Å². The van der Waals surface area contributed by atoms with E-state index in [4.69, 9.17) is 0 Å². The Morgan fingerprint density at radius 3 is 2.26 bits per heavy atom. The van der Waals surface area contributed by atoms with E-state index in [2.05, 4.69) is 156 Å². The third-order valence-electron chi connectivity index (χ3n) is 7.65. The molecule has 2 N–H and O–H groups in total. The maximum absolute atomic E-state index is 4.50. The standard InChI is InChI=1S/C35H29N3/c1-24-16-17-29(25-10-4-2-5-11-25)23-38(31-20-18-26-12-8-9-15-30(26)33(24)31)32-21-19-28(22-36-32)35-34(37-35)27-13-6-3-7-14-27/h2-23,32,34-37H,1H2/b17-16-,29-23+. The average Bonchev–Trinajstić information content (AvgIpc) is 3.78. The summed E-state index contributed by atoms with van der Waals surface area (Å²) in [7, 11) is 0. The molecule has 7 rings (SSSR count). The van der Waals surface area contributed by atoms with Gasteiger partial charge in [-0.05, 0) is 50.8 Å². The number of hydrogen-bond donors (Lipinski definition) is 2. The second kappa shape index (κ2) is 9.37. The molecule has 3 unspecified atom stereocenters. The molecule has 184 valence electrons. The molecule has 3 aliphatic rings. The zero-order chi connectivity index (χ0) is 25.5. The summed E-state index contributed by atoms with van der Waals surface area (Å²) >= 11 is 0. The van der Waals surface area contributed by atoms with Gasteiger partial charge in [0.05, 0.1) is 17.8 Å². The number of benzene rings is 4. The second-order valence-electron chi connectivity index (χ2n) is 10.0. The summed E-state index contributed by atoms with van der Waals surface area (Å²) in [4.78, 5) is 2.34. The van der Waals surface area contributed by atoms with E-state index in [9.17, 15) is 0 Å². The van der Waals surface area contributed by atoms with Crippen LogP contribution >= 0.6 is 0 Å². The van der Waals surface area contributed by atoms with Crippen LogP contribution in [-0.4, -0.2) is 12.2 Å². The Labute approximate surface area is 223 Å². The molecule has 3 nitrogen and oxygen atoms in total. The molecule has 3 heteroatoms. The number of hydrogen-bond acceptors (Lipinski definition) is 3. The minimum atomic E-state index is -0.0365. The smallest absolute Gasteiger partial charge is 0.122 e. The Kier molecular flexibility index (Phi) is 5.57. The Bertz CT molecular complexity index is 1640. The lowest BCUT2D eigenvalue weighted by atomic mass is 9.93. The summed E-state index contributed by atoms with van der Waals surface area (Å²) in [5.41, 5.74) is 8.24. The van der Waals surface area contributed by atoms with E-state index in [1.165, 1.54) is 33.0 Å². The van der Waals surface area contributed by atoms with Crippen molar-refractivity contribution in [3.8, 4) is 0 Å². The third-order valence-corrected chi connectivity index (χ3v) is 7.65. The second-order valence-corrected chi connectivity index (χ2v) is 10.0. The van der Waals surface area contributed by atoms with Crippen LogP contribution < -0.4 is 15.5 Å². The fourth-order valence-corrected chi connectivity index (χ4v) is 5.61. The molecule has 4 aromatic carbocycles. The van der Waals surface area contributed by atoms with E-state index < -0.39 is 0 Å². The van der Waals surface area contributed by atoms with Gasteiger partial charge in [-0.25, -0.2) is 0 Å². The highest BCUT2D eigenvalue weighted by Gasteiger charge is 2.40. The number of nitrogens with zero attached hydrogens (tertiary/aromatic N) is 1. The molecule has 0 amide bonds. The molecular weight excluding hydrogens is 462 g/mol. The van der Waals surface area contributed by atoms with Gasteiger partial charge in [0.15, 0.2) is 0 Å². The van der Waals surface area contributed by atoms with Crippen LogP contribution in [0.4, 0.5) is 5.69 Å². The molecule has 0 aliphatic carbocycles. The predicted molar refractivity (Wildman–Crippen MR) is 159 cm³/mol. The van der Waals surface area contributed by atoms with Crippen molar-refractivity contribution in [1.29, 1.82) is 0 Å². The normalized spacial score (nSPS) is 24.4. The first-order valence-corrected chi connectivity index (χ1v) is 13.2. The van der Waals surface area contributed by atoms with Crippen molar-refractivity contribution < 1.29 is 0 Å². The molecule has 4 aromatic rings. The topological polar surface area (TPSA) is 37.2 Å². The van der Waals surface area contributed by atoms with Crippen molar-refractivity contribution in [3.63, 3.8) is 0 Å². The van der Waals surface area contributed by atoms with E-state index in [-0.39, 0.29) is 6.17 Å². The van der Waals surface area contributed by atoms with Crippen LogP contribution in [-0.2, 0) is 0 Å². The molecule has 3 aliphatic heterocycles. The molecule has 38 heavy (non-hydrogen) atoms. The Hall–Kier alpha value is -4.60. The van der Waals surface area contributed by atoms with Gasteiger partial charge < -0.3 is 10.2 Å². The van der Waals surface area contributed by atoms with Gasteiger partial charge in [-0.1, -0.05) is 116 Å². The molecule has 0 spiro atoms. The fourth-order valence-electron chi connectivity index (χ4n) is 5.61. The average molecular weight is 492 g/mol. The van der Waals surface area contributed by atoms with Crippen molar-refractivity contribution in [3.05, 3.63) is 163 Å². The first-order chi connectivity index (χ1) is 18.8. The fraction of sp³-hybridized carbons (Fsp3) is 0.0857. The number of allylic oxidation sites excluding steroid dienone is 4. The van der Waals surface area contributed by atoms with Gasteiger partial charge in [-0.15, -0.1) is 0 Å². The van der Waals surface area contributed by atoms with Gasteiger partial charge in [0, 0.05) is 18.0 Å². The van der Waals surface area contributed by atoms with Gasteiger partial charge in [0.2, 0.25) is 0 Å². The molecule has 1 saturated heterocycles. The molecule has 0 saturated carbocycles. The minimum Gasteiger partial charge on any atom is -0.367 e. The van der Waals surface area contributed by atoms with Crippen molar-refractivity contribution >= 4 is 27.6 Å². The zero-order valence-electron chi connectivity index (χ0n) is 21.1. The molecule has 3 atom stereocenters. The maximum Gasteiger partial charge on any atom is 0.122 e. The van der Waals surface area contributed by atoms with Gasteiger partial charge in [0.1, 0.15) is 6.17 Å². The predicted octanol–water partition coefficient (Wildman–Crippen LogP) is 7.35. The van der Waals surface area contributed by atoms with Crippen LogP contribution in [0.3, 0.4) is 0 Å². The highest BCUT2D eigenvalue weighted by molar-refractivity contribution is 6.02. The van der Waals surface area contributed by atoms with Crippen molar-refractivity contribution in [2.24, 2.45) is 0 Å². The van der Waals surface area contributed by atoms with Crippen molar-refractivity contribution in [1.82, 2.24) is 10.6 Å². The first-order valence-electron chi connectivity index (χ1n) is 13.2. The molecular formula is C35H29N3. The van der Waals surface area contributed by atoms with Gasteiger partial charge in [-0.2, -0.15) is 0 Å². The van der Waals surface area contributed by atoms with E-state index >= 15 is 0 Å². The number of dihydropyridines is 1. The third kappa shape index (κ3) is 4.07. The minimum absolute atomic E-state index is 0.0365. The summed E-state index contributed by atoms with van der Waals surface area (Å²) in [6.07, 6.45) is 13.3. The lowest BCUT2D eigenvalue weighted by molar-refractivity contribution is 0.687. The number of nitrogens with one attached hydrogen (secondary N) is 2. The zero-order valence-corrected chi connectivity index (χ0v) is 21.1. The first kappa shape index (κ1) is 22.6. The molecule has 1 fully saturated rings. The summed E-state index contributed by atoms with van der Waals surface area (Å²) in [6.45, 7) is 4.50. The monoisotopic (exact) mass is 491 g/mol. The van der Waals surface area contributed by atoms with E-state index in [0.717, 1.165) is 16.8 Å². The van der Waals surface area contributed by atoms with Crippen LogP contribution in [0, 0.1) is 0 Å². The van der Waals surface area contributed by atoms with Crippen LogP contribution in [0.15, 0.2) is 146 Å². The summed E-state index contributed by atoms with van der Waals surface area (Å²) < 4.78 is 0. The molecule has 0 aromatic heterocycles. The lowest BCUT2D eigenvalue weighted by Gasteiger charge is -2.34. The SMILES string of the molecule is C=C1/C=C\C(c2ccccc2)=C/N(C2C=CC(C3NC3c3ccccc3)=CN2)c2ccc3ccccc3c21. The number of anilines is 1. The highest BCUT2D eigenvalue weighted by atomic mass is 15.3. The van der Waals surface area contributed by atoms with Crippen molar-refractivity contribution in [2.45, 2.75) is 18.2 Å². The lowest BCUT2D eigenvalue weighted by Crippen LogP contribution is -2.41. The highest BCUT2D eigenvalue weighted by Crippen LogP contribution is 2.40. The van der Waals surface area contributed by atoms with Crippen LogP contribution in [0.1, 0.15) is 22.7 Å². The largest absolute Gasteiger partial charge is 0.367 e. The van der Waals surface area contributed by atoms with Crippen LogP contribution in [0.2, 0.25) is 0 Å².